The number of nitriles is 1. The van der Waals surface area contributed by atoms with E-state index < -0.39 is 53.4 Å². The summed E-state index contributed by atoms with van der Waals surface area (Å²) < 4.78 is 70.2. The van der Waals surface area contributed by atoms with Crippen LogP contribution in [0.5, 0.6) is 0 Å². The van der Waals surface area contributed by atoms with Crippen LogP contribution in [0.4, 0.5) is 39.5 Å². The lowest BCUT2D eigenvalue weighted by atomic mass is 10.1. The van der Waals surface area contributed by atoms with Gasteiger partial charge < -0.3 is 16.8 Å². The lowest BCUT2D eigenvalue weighted by Crippen LogP contribution is -2.31. The highest BCUT2D eigenvalue weighted by molar-refractivity contribution is 5.78. The summed E-state index contributed by atoms with van der Waals surface area (Å²) in [7, 11) is 0. The molecule has 1 atom stereocenters. The molecule has 0 aliphatic carbocycles. The molecule has 0 amide bonds. The average molecular weight is 516 g/mol. The van der Waals surface area contributed by atoms with Crippen molar-refractivity contribution in [2.45, 2.75) is 25.6 Å². The van der Waals surface area contributed by atoms with E-state index in [4.69, 9.17) is 11.5 Å². The summed E-state index contributed by atoms with van der Waals surface area (Å²) in [5.41, 5.74) is 10.0. The maximum Gasteiger partial charge on any atom is 0.391 e. The Kier molecular flexibility index (Phi) is 6.39. The van der Waals surface area contributed by atoms with Crippen LogP contribution < -0.4 is 22.3 Å². The third-order valence-corrected chi connectivity index (χ3v) is 5.27. The monoisotopic (exact) mass is 516 g/mol. The third-order valence-electron chi connectivity index (χ3n) is 5.27. The summed E-state index contributed by atoms with van der Waals surface area (Å²) in [4.78, 5) is 25.1. The number of alkyl halides is 3. The van der Waals surface area contributed by atoms with Gasteiger partial charge in [-0.3, -0.25) is 9.36 Å². The first-order valence-electron chi connectivity index (χ1n) is 10.5. The number of aryl methyl sites for hydroxylation is 1. The molecule has 2 aromatic heterocycles. The predicted molar refractivity (Wildman–Crippen MR) is 125 cm³/mol. The first-order valence-corrected chi connectivity index (χ1v) is 10.5. The van der Waals surface area contributed by atoms with Gasteiger partial charge in [0.25, 0.3) is 5.56 Å². The first kappa shape index (κ1) is 25.3. The maximum atomic E-state index is 14.3. The van der Waals surface area contributed by atoms with E-state index in [2.05, 4.69) is 20.3 Å². The van der Waals surface area contributed by atoms with Crippen LogP contribution in [0.15, 0.2) is 41.2 Å². The number of hydrogen-bond acceptors (Lipinski definition) is 8. The van der Waals surface area contributed by atoms with E-state index in [1.54, 1.807) is 6.07 Å². The van der Waals surface area contributed by atoms with E-state index in [0.717, 1.165) is 34.9 Å². The van der Waals surface area contributed by atoms with Gasteiger partial charge in [-0.2, -0.15) is 28.4 Å². The van der Waals surface area contributed by atoms with E-state index in [-0.39, 0.29) is 28.0 Å². The molecule has 0 saturated heterocycles. The summed E-state index contributed by atoms with van der Waals surface area (Å²) in [6.45, 7) is 1.52. The molecule has 190 valence electrons. The van der Waals surface area contributed by atoms with Crippen LogP contribution >= 0.6 is 0 Å². The number of hydrogen-bond donors (Lipinski definition) is 3. The lowest BCUT2D eigenvalue weighted by Gasteiger charge is -2.24. The van der Waals surface area contributed by atoms with Crippen molar-refractivity contribution in [1.82, 2.24) is 19.5 Å². The topological polar surface area (TPSA) is 149 Å². The van der Waals surface area contributed by atoms with Crippen LogP contribution in [-0.4, -0.2) is 25.7 Å². The number of halogens is 5. The quantitative estimate of drug-likeness (QED) is 0.338. The molecule has 2 heterocycles. The van der Waals surface area contributed by atoms with Gasteiger partial charge in [0.1, 0.15) is 34.9 Å². The number of benzene rings is 2. The number of fused-ring (bicyclic) bond motifs is 1. The zero-order valence-electron chi connectivity index (χ0n) is 18.9. The summed E-state index contributed by atoms with van der Waals surface area (Å²) in [5, 5.41) is 11.7. The van der Waals surface area contributed by atoms with Crippen LogP contribution in [0.3, 0.4) is 0 Å². The molecular formula is C23H17F5N8O. The first-order chi connectivity index (χ1) is 17.4. The van der Waals surface area contributed by atoms with Crippen molar-refractivity contribution in [3.8, 4) is 11.8 Å². The van der Waals surface area contributed by atoms with Crippen LogP contribution in [0.2, 0.25) is 0 Å². The maximum absolute atomic E-state index is 14.3. The highest BCUT2D eigenvalue weighted by Crippen LogP contribution is 2.34. The SMILES string of the molecule is Cc1cc(F)cc(-n2c(C(CC(F)(F)F)Nc3nc(N)nc(N)c3C#N)nc3ccc(F)cc3c2=O)c1. The largest absolute Gasteiger partial charge is 0.391 e. The van der Waals surface area contributed by atoms with E-state index >= 15 is 0 Å². The van der Waals surface area contributed by atoms with Gasteiger partial charge in [0.15, 0.2) is 5.82 Å². The standard InChI is InChI=1S/C23H17F5N8O/c1-10-4-12(25)6-13(5-10)36-20(33-16-3-2-11(24)7-14(16)21(36)37)17(8-23(26,27)28)32-19-15(9-29)18(30)34-22(31)35-19/h2-7,17H,8H2,1H3,(H5,30,31,32,34,35). The Bertz CT molecular complexity index is 1610. The fourth-order valence-corrected chi connectivity index (χ4v) is 3.82. The van der Waals surface area contributed by atoms with E-state index in [1.165, 1.54) is 13.0 Å². The Balaban J connectivity index is 2.05. The summed E-state index contributed by atoms with van der Waals surface area (Å²) in [6, 6.07) is 6.26. The van der Waals surface area contributed by atoms with Gasteiger partial charge in [0.2, 0.25) is 5.95 Å². The van der Waals surface area contributed by atoms with Crippen molar-refractivity contribution in [3.63, 3.8) is 0 Å². The normalized spacial score (nSPS) is 12.4. The smallest absolute Gasteiger partial charge is 0.382 e. The number of aromatic nitrogens is 4. The van der Waals surface area contributed by atoms with E-state index in [9.17, 15) is 32.0 Å². The molecule has 5 N–H and O–H groups in total. The van der Waals surface area contributed by atoms with Crippen molar-refractivity contribution in [1.29, 1.82) is 5.26 Å². The van der Waals surface area contributed by atoms with Gasteiger partial charge >= 0.3 is 6.18 Å². The molecule has 4 rings (SSSR count). The fraction of sp³-hybridized carbons (Fsp3) is 0.174. The number of nitrogens with two attached hydrogens (primary N) is 2. The zero-order chi connectivity index (χ0) is 27.1. The molecule has 0 spiro atoms. The number of nitrogens with one attached hydrogen (secondary N) is 1. The Labute approximate surface area is 205 Å². The molecule has 0 fully saturated rings. The Morgan fingerprint density at radius 2 is 1.81 bits per heavy atom. The average Bonchev–Trinajstić information content (AvgIpc) is 2.77. The van der Waals surface area contributed by atoms with Crippen molar-refractivity contribution in [3.05, 3.63) is 75.3 Å². The molecule has 0 radical (unpaired) electrons. The van der Waals surface area contributed by atoms with Gasteiger partial charge in [-0.05, 0) is 48.9 Å². The molecule has 4 aromatic rings. The zero-order valence-corrected chi connectivity index (χ0v) is 18.9. The van der Waals surface area contributed by atoms with Gasteiger partial charge in [-0.15, -0.1) is 0 Å². The second-order valence-electron chi connectivity index (χ2n) is 8.08. The number of rotatable bonds is 5. The number of anilines is 3. The molecule has 14 heteroatoms. The van der Waals surface area contributed by atoms with Crippen LogP contribution in [0, 0.1) is 29.9 Å². The molecule has 37 heavy (non-hydrogen) atoms. The Hall–Kier alpha value is -4.80. The summed E-state index contributed by atoms with van der Waals surface area (Å²) in [5.74, 6) is -3.30. The summed E-state index contributed by atoms with van der Waals surface area (Å²) >= 11 is 0. The van der Waals surface area contributed by atoms with Crippen LogP contribution in [-0.2, 0) is 0 Å². The molecule has 2 aromatic carbocycles. The van der Waals surface area contributed by atoms with Crippen LogP contribution in [0.25, 0.3) is 16.6 Å². The second kappa shape index (κ2) is 9.34. The molecule has 0 aliphatic heterocycles. The predicted octanol–water partition coefficient (Wildman–Crippen LogP) is 3.90. The molecular weight excluding hydrogens is 499 g/mol. The molecule has 0 saturated carbocycles. The highest BCUT2D eigenvalue weighted by Gasteiger charge is 2.36. The van der Waals surface area contributed by atoms with Gasteiger partial charge in [-0.25, -0.2) is 13.8 Å². The number of nitrogen functional groups attached to an aromatic ring is 2. The van der Waals surface area contributed by atoms with Gasteiger partial charge in [-0.1, -0.05) is 0 Å². The van der Waals surface area contributed by atoms with Crippen LogP contribution in [0.1, 0.15) is 29.4 Å². The van der Waals surface area contributed by atoms with Crippen molar-refractivity contribution < 1.29 is 22.0 Å². The minimum atomic E-state index is -4.81. The van der Waals surface area contributed by atoms with Crippen molar-refractivity contribution in [2.24, 2.45) is 0 Å². The van der Waals surface area contributed by atoms with Gasteiger partial charge in [0.05, 0.1) is 29.1 Å². The molecule has 0 bridgehead atoms. The Morgan fingerprint density at radius 1 is 1.08 bits per heavy atom. The highest BCUT2D eigenvalue weighted by atomic mass is 19.4. The van der Waals surface area contributed by atoms with E-state index in [0.29, 0.717) is 5.56 Å². The minimum absolute atomic E-state index is 0.109. The number of nitrogens with zero attached hydrogens (tertiary/aromatic N) is 5. The minimum Gasteiger partial charge on any atom is -0.382 e. The van der Waals surface area contributed by atoms with Crippen molar-refractivity contribution >= 4 is 28.5 Å². The molecule has 0 aliphatic rings. The van der Waals surface area contributed by atoms with E-state index in [1.807, 2.05) is 0 Å². The molecule has 1 unspecified atom stereocenters. The lowest BCUT2D eigenvalue weighted by molar-refractivity contribution is -0.137. The van der Waals surface area contributed by atoms with Gasteiger partial charge in [0, 0.05) is 0 Å². The molecule has 9 nitrogen and oxygen atoms in total. The second-order valence-corrected chi connectivity index (χ2v) is 8.08. The fourth-order valence-electron chi connectivity index (χ4n) is 3.82. The third kappa shape index (κ3) is 5.25. The summed E-state index contributed by atoms with van der Waals surface area (Å²) in [6.07, 6.45) is -6.41. The Morgan fingerprint density at radius 3 is 2.46 bits per heavy atom. The van der Waals surface area contributed by atoms with Crippen molar-refractivity contribution in [2.75, 3.05) is 16.8 Å².